The highest BCUT2D eigenvalue weighted by molar-refractivity contribution is 6.42. The summed E-state index contributed by atoms with van der Waals surface area (Å²) in [6.45, 7) is 8.09. The van der Waals surface area contributed by atoms with Crippen LogP contribution in [0.4, 0.5) is 0 Å². The molecule has 2 atom stereocenters. The first-order chi connectivity index (χ1) is 6.04. The number of carbonyl (C=O) groups is 1. The van der Waals surface area contributed by atoms with Crippen molar-refractivity contribution in [3.8, 4) is 0 Å². The van der Waals surface area contributed by atoms with Gasteiger partial charge in [-0.05, 0) is 12.3 Å². The third kappa shape index (κ3) is 3.95. The molecule has 0 aromatic heterocycles. The predicted molar refractivity (Wildman–Crippen MR) is 57.9 cm³/mol. The Labute approximate surface area is 86.2 Å². The van der Waals surface area contributed by atoms with Crippen molar-refractivity contribution >= 4 is 17.4 Å². The van der Waals surface area contributed by atoms with E-state index in [0.717, 1.165) is 12.8 Å². The van der Waals surface area contributed by atoms with Crippen LogP contribution in [-0.2, 0) is 4.79 Å². The molecular weight excluding hydrogens is 184 g/mol. The van der Waals surface area contributed by atoms with Crippen molar-refractivity contribution in [2.24, 2.45) is 11.8 Å². The van der Waals surface area contributed by atoms with E-state index < -0.39 is 0 Å². The largest absolute Gasteiger partial charge is 0.293 e. The van der Waals surface area contributed by atoms with Crippen LogP contribution in [0.3, 0.4) is 0 Å². The number of Topliss-reactive ketones (excluding diaryl/α,β-unsaturated/α-hetero) is 1. The number of rotatable bonds is 5. The number of carbonyl (C=O) groups excluding carboxylic acids is 1. The zero-order chi connectivity index (χ0) is 10.4. The molecule has 0 saturated heterocycles. The normalized spacial score (nSPS) is 16.8. The highest BCUT2D eigenvalue weighted by Crippen LogP contribution is 2.20. The first kappa shape index (κ1) is 12.7. The molecule has 76 valence electrons. The number of ketones is 1. The molecule has 0 N–H and O–H groups in total. The summed E-state index contributed by atoms with van der Waals surface area (Å²) in [4.78, 5) is 11.6. The minimum atomic E-state index is 0.0419. The Morgan fingerprint density at radius 1 is 1.38 bits per heavy atom. The monoisotopic (exact) mass is 202 g/mol. The Balaban J connectivity index is 4.33. The van der Waals surface area contributed by atoms with E-state index in [1.165, 1.54) is 0 Å². The highest BCUT2D eigenvalue weighted by Gasteiger charge is 2.20. The van der Waals surface area contributed by atoms with Crippen LogP contribution in [0.1, 0.15) is 40.5 Å². The molecule has 0 aromatic rings. The molecular formula is C11H19ClO. The van der Waals surface area contributed by atoms with E-state index in [9.17, 15) is 4.79 Å². The van der Waals surface area contributed by atoms with Crippen LogP contribution >= 0.6 is 11.6 Å². The fourth-order valence-electron chi connectivity index (χ4n) is 1.11. The summed E-state index contributed by atoms with van der Waals surface area (Å²) in [6, 6.07) is 0. The summed E-state index contributed by atoms with van der Waals surface area (Å²) in [5.74, 6) is 0.532. The Bertz CT molecular complexity index is 196. The lowest BCUT2D eigenvalue weighted by molar-refractivity contribution is -0.119. The van der Waals surface area contributed by atoms with E-state index in [0.29, 0.717) is 11.0 Å². The molecule has 0 bridgehead atoms. The summed E-state index contributed by atoms with van der Waals surface area (Å²) in [6.07, 6.45) is 3.61. The number of allylic oxidation sites excluding steroid dienone is 2. The summed E-state index contributed by atoms with van der Waals surface area (Å²) in [7, 11) is 0. The molecule has 0 rings (SSSR count). The van der Waals surface area contributed by atoms with Gasteiger partial charge in [0.15, 0.2) is 5.78 Å². The zero-order valence-electron chi connectivity index (χ0n) is 8.93. The minimum Gasteiger partial charge on any atom is -0.293 e. The Kier molecular flexibility index (Phi) is 6.06. The smallest absolute Gasteiger partial charge is 0.176 e. The van der Waals surface area contributed by atoms with E-state index >= 15 is 0 Å². The maximum absolute atomic E-state index is 11.6. The molecule has 13 heavy (non-hydrogen) atoms. The maximum Gasteiger partial charge on any atom is 0.176 e. The van der Waals surface area contributed by atoms with Gasteiger partial charge in [-0.15, -0.1) is 0 Å². The lowest BCUT2D eigenvalue weighted by atomic mass is 9.89. The van der Waals surface area contributed by atoms with Crippen molar-refractivity contribution < 1.29 is 4.79 Å². The van der Waals surface area contributed by atoms with Gasteiger partial charge in [-0.3, -0.25) is 4.79 Å². The second kappa shape index (κ2) is 6.20. The fourth-order valence-corrected chi connectivity index (χ4v) is 1.44. The summed E-state index contributed by atoms with van der Waals surface area (Å²) in [5.41, 5.74) is 0. The van der Waals surface area contributed by atoms with Gasteiger partial charge in [0.2, 0.25) is 0 Å². The van der Waals surface area contributed by atoms with Gasteiger partial charge >= 0.3 is 0 Å². The highest BCUT2D eigenvalue weighted by atomic mass is 35.5. The van der Waals surface area contributed by atoms with Crippen molar-refractivity contribution in [2.45, 2.75) is 40.5 Å². The van der Waals surface area contributed by atoms with Crippen molar-refractivity contribution in [1.29, 1.82) is 0 Å². The van der Waals surface area contributed by atoms with E-state index in [1.807, 2.05) is 13.8 Å². The molecule has 0 saturated carbocycles. The Morgan fingerprint density at radius 3 is 2.31 bits per heavy atom. The summed E-state index contributed by atoms with van der Waals surface area (Å²) in [5, 5.41) is 0.398. The van der Waals surface area contributed by atoms with E-state index in [2.05, 4.69) is 13.8 Å². The molecule has 0 aliphatic rings. The molecule has 2 unspecified atom stereocenters. The van der Waals surface area contributed by atoms with Gasteiger partial charge in [-0.2, -0.15) is 0 Å². The first-order valence-corrected chi connectivity index (χ1v) is 5.32. The van der Waals surface area contributed by atoms with Crippen LogP contribution in [0, 0.1) is 11.8 Å². The van der Waals surface area contributed by atoms with Gasteiger partial charge < -0.3 is 0 Å². The second-order valence-corrected chi connectivity index (χ2v) is 3.91. The van der Waals surface area contributed by atoms with Gasteiger partial charge in [0.25, 0.3) is 0 Å². The summed E-state index contributed by atoms with van der Waals surface area (Å²) < 4.78 is 0. The van der Waals surface area contributed by atoms with E-state index in [4.69, 9.17) is 11.6 Å². The maximum atomic E-state index is 11.6. The van der Waals surface area contributed by atoms with Gasteiger partial charge in [0.05, 0.1) is 5.03 Å². The molecule has 0 radical (unpaired) electrons. The standard InChI is InChI=1S/C11H19ClO/c1-5-7-10(12)11(13)9(4)8(3)6-2/h7-9H,5-6H2,1-4H3. The molecule has 0 aliphatic heterocycles. The van der Waals surface area contributed by atoms with E-state index in [1.54, 1.807) is 6.08 Å². The van der Waals surface area contributed by atoms with Gasteiger partial charge in [-0.1, -0.05) is 51.8 Å². The topological polar surface area (TPSA) is 17.1 Å². The van der Waals surface area contributed by atoms with Gasteiger partial charge in [0, 0.05) is 5.92 Å². The van der Waals surface area contributed by atoms with Crippen LogP contribution in [0.5, 0.6) is 0 Å². The van der Waals surface area contributed by atoms with Crippen molar-refractivity contribution in [1.82, 2.24) is 0 Å². The SMILES string of the molecule is CCC=C(Cl)C(=O)C(C)C(C)CC. The number of hydrogen-bond acceptors (Lipinski definition) is 1. The molecule has 0 aromatic carbocycles. The molecule has 0 amide bonds. The van der Waals surface area contributed by atoms with Gasteiger partial charge in [0.1, 0.15) is 0 Å². The molecule has 2 heteroatoms. The lowest BCUT2D eigenvalue weighted by Gasteiger charge is -2.16. The Hall–Kier alpha value is -0.300. The average molecular weight is 203 g/mol. The summed E-state index contributed by atoms with van der Waals surface area (Å²) >= 11 is 5.84. The predicted octanol–water partition coefficient (Wildman–Crippen LogP) is 3.77. The third-order valence-corrected chi connectivity index (χ3v) is 2.87. The molecule has 0 spiro atoms. The first-order valence-electron chi connectivity index (χ1n) is 4.94. The Morgan fingerprint density at radius 2 is 1.92 bits per heavy atom. The molecule has 0 fully saturated rings. The minimum absolute atomic E-state index is 0.0419. The number of halogens is 1. The lowest BCUT2D eigenvalue weighted by Crippen LogP contribution is -2.18. The van der Waals surface area contributed by atoms with Crippen LogP contribution in [0.25, 0.3) is 0 Å². The van der Waals surface area contributed by atoms with Crippen molar-refractivity contribution in [3.63, 3.8) is 0 Å². The van der Waals surface area contributed by atoms with Crippen LogP contribution in [0.15, 0.2) is 11.1 Å². The molecule has 1 nitrogen and oxygen atoms in total. The van der Waals surface area contributed by atoms with Gasteiger partial charge in [-0.25, -0.2) is 0 Å². The second-order valence-electron chi connectivity index (χ2n) is 3.50. The van der Waals surface area contributed by atoms with E-state index in [-0.39, 0.29) is 11.7 Å². The quantitative estimate of drug-likeness (QED) is 0.621. The van der Waals surface area contributed by atoms with Crippen LogP contribution in [-0.4, -0.2) is 5.78 Å². The van der Waals surface area contributed by atoms with Crippen molar-refractivity contribution in [2.75, 3.05) is 0 Å². The van der Waals surface area contributed by atoms with Crippen molar-refractivity contribution in [3.05, 3.63) is 11.1 Å². The van der Waals surface area contributed by atoms with Crippen LogP contribution in [0.2, 0.25) is 0 Å². The zero-order valence-corrected chi connectivity index (χ0v) is 9.69. The average Bonchev–Trinajstić information content (AvgIpc) is 2.14. The van der Waals surface area contributed by atoms with Crippen LogP contribution < -0.4 is 0 Å². The third-order valence-electron chi connectivity index (χ3n) is 2.53. The fraction of sp³-hybridized carbons (Fsp3) is 0.727. The number of hydrogen-bond donors (Lipinski definition) is 0. The molecule has 0 heterocycles. The molecule has 0 aliphatic carbocycles.